The molecule has 110 valence electrons. The summed E-state index contributed by atoms with van der Waals surface area (Å²) in [5.74, 6) is 0.703. The number of nitrogens with zero attached hydrogens (tertiary/aromatic N) is 2. The van der Waals surface area contributed by atoms with Gasteiger partial charge < -0.3 is 15.7 Å². The van der Waals surface area contributed by atoms with Crippen molar-refractivity contribution >= 4 is 15.7 Å². The molecule has 7 nitrogen and oxygen atoms in total. The lowest BCUT2D eigenvalue weighted by atomic mass is 10.3. The van der Waals surface area contributed by atoms with Crippen LogP contribution in [0.1, 0.15) is 5.56 Å². The lowest BCUT2D eigenvalue weighted by Gasteiger charge is -2.06. The first-order valence-corrected chi connectivity index (χ1v) is 7.71. The standard InChI is InChI=1S/C13H13N3O4S/c1-21(18,19)11-5-3-10(4-6-11)20-12-7-2-9(8-15-12)13(14)16-17/h2-8,17H,1H3,(H2,14,16). The van der Waals surface area contributed by atoms with Gasteiger partial charge in [0.2, 0.25) is 5.88 Å². The normalized spacial score (nSPS) is 12.1. The molecule has 3 N–H and O–H groups in total. The lowest BCUT2D eigenvalue weighted by molar-refractivity contribution is 0.318. The van der Waals surface area contributed by atoms with Crippen LogP contribution in [-0.2, 0) is 9.84 Å². The summed E-state index contributed by atoms with van der Waals surface area (Å²) in [5.41, 5.74) is 5.87. The third kappa shape index (κ3) is 3.69. The summed E-state index contributed by atoms with van der Waals surface area (Å²) in [5, 5.41) is 11.4. The highest BCUT2D eigenvalue weighted by atomic mass is 32.2. The number of hydrogen-bond acceptors (Lipinski definition) is 6. The number of oxime groups is 1. The second-order valence-corrected chi connectivity index (χ2v) is 6.23. The number of aromatic nitrogens is 1. The second kappa shape index (κ2) is 5.80. The minimum Gasteiger partial charge on any atom is -0.439 e. The minimum absolute atomic E-state index is 0.0495. The van der Waals surface area contributed by atoms with E-state index in [1.54, 1.807) is 12.1 Å². The van der Waals surface area contributed by atoms with Gasteiger partial charge in [-0.1, -0.05) is 5.16 Å². The van der Waals surface area contributed by atoms with Gasteiger partial charge in [-0.25, -0.2) is 13.4 Å². The molecule has 2 rings (SSSR count). The van der Waals surface area contributed by atoms with E-state index in [0.29, 0.717) is 17.2 Å². The first-order chi connectivity index (χ1) is 9.90. The molecule has 0 spiro atoms. The second-order valence-electron chi connectivity index (χ2n) is 4.22. The molecule has 21 heavy (non-hydrogen) atoms. The molecule has 2 aromatic rings. The fraction of sp³-hybridized carbons (Fsp3) is 0.0769. The Morgan fingerprint density at radius 3 is 2.38 bits per heavy atom. The smallest absolute Gasteiger partial charge is 0.219 e. The third-order valence-electron chi connectivity index (χ3n) is 2.61. The van der Waals surface area contributed by atoms with Gasteiger partial charge >= 0.3 is 0 Å². The van der Waals surface area contributed by atoms with Crippen LogP contribution >= 0.6 is 0 Å². The van der Waals surface area contributed by atoms with Crippen LogP contribution in [0.25, 0.3) is 0 Å². The fourth-order valence-corrected chi connectivity index (χ4v) is 2.16. The molecule has 0 saturated carbocycles. The van der Waals surface area contributed by atoms with Crippen molar-refractivity contribution in [2.45, 2.75) is 4.90 Å². The Labute approximate surface area is 121 Å². The number of pyridine rings is 1. The van der Waals surface area contributed by atoms with Crippen molar-refractivity contribution in [1.82, 2.24) is 4.98 Å². The van der Waals surface area contributed by atoms with E-state index in [2.05, 4.69) is 10.1 Å². The fourth-order valence-electron chi connectivity index (χ4n) is 1.53. The van der Waals surface area contributed by atoms with Crippen molar-refractivity contribution in [2.24, 2.45) is 10.9 Å². The van der Waals surface area contributed by atoms with E-state index in [9.17, 15) is 8.42 Å². The molecule has 0 aliphatic carbocycles. The lowest BCUT2D eigenvalue weighted by Crippen LogP contribution is -2.13. The molecular formula is C13H13N3O4S. The van der Waals surface area contributed by atoms with E-state index in [-0.39, 0.29) is 10.7 Å². The summed E-state index contributed by atoms with van der Waals surface area (Å²) in [6.07, 6.45) is 2.53. The zero-order chi connectivity index (χ0) is 15.5. The van der Waals surface area contributed by atoms with Gasteiger partial charge in [0, 0.05) is 24.1 Å². The Balaban J connectivity index is 2.15. The van der Waals surface area contributed by atoms with Gasteiger partial charge in [0.15, 0.2) is 15.7 Å². The van der Waals surface area contributed by atoms with E-state index < -0.39 is 9.84 Å². The van der Waals surface area contributed by atoms with Crippen molar-refractivity contribution in [3.63, 3.8) is 0 Å². The van der Waals surface area contributed by atoms with Crippen LogP contribution in [0.4, 0.5) is 0 Å². The van der Waals surface area contributed by atoms with E-state index in [4.69, 9.17) is 15.7 Å². The summed E-state index contributed by atoms with van der Waals surface area (Å²) < 4.78 is 28.1. The summed E-state index contributed by atoms with van der Waals surface area (Å²) >= 11 is 0. The summed E-state index contributed by atoms with van der Waals surface area (Å²) in [6, 6.07) is 9.12. The summed E-state index contributed by atoms with van der Waals surface area (Å²) in [7, 11) is -3.23. The Hall–Kier alpha value is -2.61. The molecule has 1 aromatic heterocycles. The number of ether oxygens (including phenoxy) is 1. The molecule has 0 atom stereocenters. The molecule has 0 bridgehead atoms. The maximum Gasteiger partial charge on any atom is 0.219 e. The van der Waals surface area contributed by atoms with Crippen molar-refractivity contribution in [1.29, 1.82) is 0 Å². The van der Waals surface area contributed by atoms with Gasteiger partial charge in [-0.15, -0.1) is 0 Å². The van der Waals surface area contributed by atoms with Gasteiger partial charge in [0.25, 0.3) is 0 Å². The summed E-state index contributed by atoms with van der Waals surface area (Å²) in [4.78, 5) is 4.21. The van der Waals surface area contributed by atoms with Crippen LogP contribution in [0.3, 0.4) is 0 Å². The number of benzene rings is 1. The van der Waals surface area contributed by atoms with Crippen LogP contribution in [0, 0.1) is 0 Å². The first-order valence-electron chi connectivity index (χ1n) is 5.82. The van der Waals surface area contributed by atoms with Crippen molar-refractivity contribution in [3.8, 4) is 11.6 Å². The van der Waals surface area contributed by atoms with Crippen LogP contribution in [0.5, 0.6) is 11.6 Å². The van der Waals surface area contributed by atoms with Gasteiger partial charge in [-0.3, -0.25) is 0 Å². The molecule has 1 aromatic carbocycles. The highest BCUT2D eigenvalue weighted by molar-refractivity contribution is 7.90. The average Bonchev–Trinajstić information content (AvgIpc) is 2.47. The van der Waals surface area contributed by atoms with Crippen LogP contribution in [0.15, 0.2) is 52.6 Å². The molecule has 0 amide bonds. The van der Waals surface area contributed by atoms with E-state index >= 15 is 0 Å². The SMILES string of the molecule is CS(=O)(=O)c1ccc(Oc2ccc(/C(N)=N/O)cn2)cc1. The molecule has 0 unspecified atom stereocenters. The number of sulfone groups is 1. The summed E-state index contributed by atoms with van der Waals surface area (Å²) in [6.45, 7) is 0. The number of amidine groups is 1. The number of rotatable bonds is 4. The quantitative estimate of drug-likeness (QED) is 0.381. The molecule has 1 heterocycles. The molecule has 0 fully saturated rings. The Kier molecular flexibility index (Phi) is 4.08. The number of nitrogens with two attached hydrogens (primary N) is 1. The van der Waals surface area contributed by atoms with Gasteiger partial charge in [0.05, 0.1) is 4.90 Å². The van der Waals surface area contributed by atoms with Crippen LogP contribution in [-0.4, -0.2) is 30.7 Å². The minimum atomic E-state index is -3.23. The van der Waals surface area contributed by atoms with Crippen LogP contribution in [0.2, 0.25) is 0 Å². The molecule has 0 aliphatic heterocycles. The maximum atomic E-state index is 11.3. The molecule has 0 aliphatic rings. The van der Waals surface area contributed by atoms with Crippen molar-refractivity contribution in [2.75, 3.05) is 6.26 Å². The zero-order valence-electron chi connectivity index (χ0n) is 11.1. The Bertz CT molecular complexity index is 753. The average molecular weight is 307 g/mol. The molecule has 8 heteroatoms. The first kappa shape index (κ1) is 14.8. The zero-order valence-corrected chi connectivity index (χ0v) is 11.9. The van der Waals surface area contributed by atoms with E-state index in [1.807, 2.05) is 0 Å². The molecule has 0 saturated heterocycles. The van der Waals surface area contributed by atoms with E-state index in [1.165, 1.54) is 30.5 Å². The van der Waals surface area contributed by atoms with E-state index in [0.717, 1.165) is 6.26 Å². The highest BCUT2D eigenvalue weighted by Crippen LogP contribution is 2.21. The van der Waals surface area contributed by atoms with Crippen LogP contribution < -0.4 is 10.5 Å². The Morgan fingerprint density at radius 2 is 1.90 bits per heavy atom. The predicted octanol–water partition coefficient (Wildman–Crippen LogP) is 1.37. The van der Waals surface area contributed by atoms with Gasteiger partial charge in [0.1, 0.15) is 5.75 Å². The maximum absolute atomic E-state index is 11.3. The highest BCUT2D eigenvalue weighted by Gasteiger charge is 2.07. The third-order valence-corrected chi connectivity index (χ3v) is 3.74. The van der Waals surface area contributed by atoms with Gasteiger partial charge in [-0.05, 0) is 30.3 Å². The predicted molar refractivity (Wildman–Crippen MR) is 76.4 cm³/mol. The van der Waals surface area contributed by atoms with Gasteiger partial charge in [-0.2, -0.15) is 0 Å². The monoisotopic (exact) mass is 307 g/mol. The number of hydrogen-bond donors (Lipinski definition) is 2. The van der Waals surface area contributed by atoms with Crippen molar-refractivity contribution in [3.05, 3.63) is 48.2 Å². The molecule has 0 radical (unpaired) electrons. The van der Waals surface area contributed by atoms with Crippen molar-refractivity contribution < 1.29 is 18.4 Å². The topological polar surface area (TPSA) is 115 Å². The Morgan fingerprint density at radius 1 is 1.24 bits per heavy atom. The largest absolute Gasteiger partial charge is 0.439 e. The molecular weight excluding hydrogens is 294 g/mol.